The minimum Gasteiger partial charge on any atom is -0.316 e. The van der Waals surface area contributed by atoms with Crippen molar-refractivity contribution in [2.75, 3.05) is 7.05 Å². The van der Waals surface area contributed by atoms with Crippen LogP contribution in [0.3, 0.4) is 0 Å². The van der Waals surface area contributed by atoms with Crippen molar-refractivity contribution in [2.24, 2.45) is 0 Å². The van der Waals surface area contributed by atoms with Crippen LogP contribution in [0.5, 0.6) is 0 Å². The van der Waals surface area contributed by atoms with E-state index in [0.29, 0.717) is 21.6 Å². The molecule has 0 unspecified atom stereocenters. The lowest BCUT2D eigenvalue weighted by Crippen LogP contribution is -2.06. The number of benzene rings is 2. The van der Waals surface area contributed by atoms with Crippen LogP contribution in [0.2, 0.25) is 10.0 Å². The molecule has 0 amide bonds. The van der Waals surface area contributed by atoms with Crippen molar-refractivity contribution < 1.29 is 4.39 Å². The minimum atomic E-state index is -0.448. The first-order chi connectivity index (χ1) is 9.04. The van der Waals surface area contributed by atoms with E-state index < -0.39 is 5.82 Å². The Morgan fingerprint density at radius 1 is 1.16 bits per heavy atom. The Morgan fingerprint density at radius 3 is 2.58 bits per heavy atom. The predicted molar refractivity (Wildman–Crippen MR) is 82.3 cm³/mol. The molecule has 19 heavy (non-hydrogen) atoms. The van der Waals surface area contributed by atoms with Crippen LogP contribution in [0.1, 0.15) is 5.56 Å². The van der Waals surface area contributed by atoms with Crippen LogP contribution >= 0.6 is 39.1 Å². The molecule has 0 atom stereocenters. The monoisotopic (exact) mass is 361 g/mol. The molecule has 2 aromatic rings. The molecule has 0 heterocycles. The average Bonchev–Trinajstić information content (AvgIpc) is 2.39. The molecule has 0 aliphatic rings. The van der Waals surface area contributed by atoms with E-state index in [1.165, 1.54) is 0 Å². The molecule has 0 aromatic heterocycles. The molecule has 0 saturated heterocycles. The Kier molecular flexibility index (Phi) is 4.85. The zero-order chi connectivity index (χ0) is 14.0. The van der Waals surface area contributed by atoms with Gasteiger partial charge in [0.15, 0.2) is 5.82 Å². The second-order valence-corrected chi connectivity index (χ2v) is 5.72. The van der Waals surface area contributed by atoms with Gasteiger partial charge >= 0.3 is 0 Å². The third kappa shape index (κ3) is 3.11. The molecule has 100 valence electrons. The van der Waals surface area contributed by atoms with Crippen molar-refractivity contribution in [2.45, 2.75) is 6.54 Å². The molecule has 0 fully saturated rings. The van der Waals surface area contributed by atoms with Crippen molar-refractivity contribution >= 4 is 39.1 Å². The van der Waals surface area contributed by atoms with Gasteiger partial charge in [-0.3, -0.25) is 0 Å². The van der Waals surface area contributed by atoms with Gasteiger partial charge in [-0.2, -0.15) is 0 Å². The Labute approximate surface area is 129 Å². The maximum atomic E-state index is 14.3. The smallest absolute Gasteiger partial charge is 0.150 e. The summed E-state index contributed by atoms with van der Waals surface area (Å²) in [5.74, 6) is -0.448. The summed E-state index contributed by atoms with van der Waals surface area (Å²) < 4.78 is 14.8. The number of nitrogens with one attached hydrogen (secondary N) is 1. The van der Waals surface area contributed by atoms with Crippen LogP contribution in [0.4, 0.5) is 4.39 Å². The molecule has 0 saturated carbocycles. The Balaban J connectivity index is 2.64. The number of hydrogen-bond acceptors (Lipinski definition) is 1. The molecule has 0 spiro atoms. The first-order valence-electron chi connectivity index (χ1n) is 5.61. The van der Waals surface area contributed by atoms with Crippen LogP contribution in [0.15, 0.2) is 34.8 Å². The molecular weight excluding hydrogens is 352 g/mol. The maximum absolute atomic E-state index is 14.3. The first-order valence-corrected chi connectivity index (χ1v) is 7.16. The van der Waals surface area contributed by atoms with E-state index >= 15 is 0 Å². The molecule has 1 nitrogen and oxygen atoms in total. The van der Waals surface area contributed by atoms with Crippen molar-refractivity contribution in [3.8, 4) is 11.1 Å². The van der Waals surface area contributed by atoms with Gasteiger partial charge in [-0.05, 0) is 52.3 Å². The second-order valence-electron chi connectivity index (χ2n) is 4.05. The van der Waals surface area contributed by atoms with Gasteiger partial charge in [0, 0.05) is 21.6 Å². The van der Waals surface area contributed by atoms with Gasteiger partial charge in [0.25, 0.3) is 0 Å². The fourth-order valence-corrected chi connectivity index (χ4v) is 2.52. The summed E-state index contributed by atoms with van der Waals surface area (Å²) in [7, 11) is 1.84. The quantitative estimate of drug-likeness (QED) is 0.732. The van der Waals surface area contributed by atoms with E-state index in [-0.39, 0.29) is 5.02 Å². The lowest BCUT2D eigenvalue weighted by atomic mass is 9.99. The van der Waals surface area contributed by atoms with E-state index in [9.17, 15) is 4.39 Å². The molecule has 1 N–H and O–H groups in total. The highest BCUT2D eigenvalue weighted by Crippen LogP contribution is 2.35. The van der Waals surface area contributed by atoms with E-state index in [0.717, 1.165) is 11.1 Å². The van der Waals surface area contributed by atoms with E-state index in [4.69, 9.17) is 23.2 Å². The lowest BCUT2D eigenvalue weighted by Gasteiger charge is -2.12. The van der Waals surface area contributed by atoms with Crippen LogP contribution in [0.25, 0.3) is 11.1 Å². The summed E-state index contributed by atoms with van der Waals surface area (Å²) in [4.78, 5) is 0. The number of rotatable bonds is 3. The molecule has 0 aliphatic heterocycles. The van der Waals surface area contributed by atoms with E-state index in [1.807, 2.05) is 13.1 Å². The largest absolute Gasteiger partial charge is 0.316 e. The van der Waals surface area contributed by atoms with Gasteiger partial charge in [0.2, 0.25) is 0 Å². The van der Waals surface area contributed by atoms with Gasteiger partial charge < -0.3 is 5.32 Å². The molecule has 0 aliphatic carbocycles. The highest BCUT2D eigenvalue weighted by atomic mass is 79.9. The maximum Gasteiger partial charge on any atom is 0.150 e. The molecule has 2 aromatic carbocycles. The summed E-state index contributed by atoms with van der Waals surface area (Å²) >= 11 is 15.1. The zero-order valence-electron chi connectivity index (χ0n) is 10.1. The fourth-order valence-electron chi connectivity index (χ4n) is 1.88. The summed E-state index contributed by atoms with van der Waals surface area (Å²) in [6.45, 7) is 0.625. The molecule has 0 radical (unpaired) electrons. The van der Waals surface area contributed by atoms with Crippen LogP contribution in [-0.4, -0.2) is 7.05 Å². The Bertz CT molecular complexity index is 617. The van der Waals surface area contributed by atoms with Gasteiger partial charge in [-0.15, -0.1) is 0 Å². The number of hydrogen-bond donors (Lipinski definition) is 1. The topological polar surface area (TPSA) is 12.0 Å². The van der Waals surface area contributed by atoms with Crippen molar-refractivity contribution in [1.29, 1.82) is 0 Å². The summed E-state index contributed by atoms with van der Waals surface area (Å²) in [5, 5.41) is 3.69. The van der Waals surface area contributed by atoms with Crippen molar-refractivity contribution in [1.82, 2.24) is 5.32 Å². The summed E-state index contributed by atoms with van der Waals surface area (Å²) in [6, 6.07) is 8.83. The molecule has 2 rings (SSSR count). The fraction of sp³-hybridized carbons (Fsp3) is 0.143. The van der Waals surface area contributed by atoms with Crippen LogP contribution < -0.4 is 5.32 Å². The third-order valence-corrected chi connectivity index (χ3v) is 4.26. The van der Waals surface area contributed by atoms with Gasteiger partial charge in [-0.1, -0.05) is 35.3 Å². The molecule has 0 bridgehead atoms. The summed E-state index contributed by atoms with van der Waals surface area (Å²) in [6.07, 6.45) is 0. The first kappa shape index (κ1) is 14.8. The normalized spacial score (nSPS) is 10.8. The van der Waals surface area contributed by atoms with Gasteiger partial charge in [0.1, 0.15) is 0 Å². The predicted octanol–water partition coefficient (Wildman–Crippen LogP) is 5.28. The molecular formula is C14H11BrCl2FN. The van der Waals surface area contributed by atoms with E-state index in [2.05, 4.69) is 21.2 Å². The van der Waals surface area contributed by atoms with Crippen molar-refractivity contribution in [3.05, 3.63) is 56.2 Å². The van der Waals surface area contributed by atoms with Crippen LogP contribution in [0, 0.1) is 5.82 Å². The highest BCUT2D eigenvalue weighted by Gasteiger charge is 2.14. The number of halogens is 4. The van der Waals surface area contributed by atoms with Crippen LogP contribution in [-0.2, 0) is 6.54 Å². The highest BCUT2D eigenvalue weighted by molar-refractivity contribution is 9.10. The molecule has 5 heteroatoms. The Hall–Kier alpha value is -0.610. The third-order valence-electron chi connectivity index (χ3n) is 2.76. The standard InChI is InChI=1S/C14H11BrCl2FN/c1-19-7-8-2-3-9(16)6-11(8)10-4-5-12(15)13(17)14(10)18/h2-6,19H,7H2,1H3. The zero-order valence-corrected chi connectivity index (χ0v) is 13.2. The second kappa shape index (κ2) is 6.23. The van der Waals surface area contributed by atoms with Gasteiger partial charge in [-0.25, -0.2) is 4.39 Å². The van der Waals surface area contributed by atoms with Gasteiger partial charge in [0.05, 0.1) is 5.02 Å². The average molecular weight is 363 g/mol. The summed E-state index contributed by atoms with van der Waals surface area (Å²) in [5.41, 5.74) is 2.15. The SMILES string of the molecule is CNCc1ccc(Cl)cc1-c1ccc(Br)c(Cl)c1F. The Morgan fingerprint density at radius 2 is 1.89 bits per heavy atom. The van der Waals surface area contributed by atoms with E-state index in [1.54, 1.807) is 24.3 Å². The minimum absolute atomic E-state index is 0.0767. The van der Waals surface area contributed by atoms with Crippen molar-refractivity contribution in [3.63, 3.8) is 0 Å². The lowest BCUT2D eigenvalue weighted by molar-refractivity contribution is 0.630.